The van der Waals surface area contributed by atoms with Crippen molar-refractivity contribution in [1.29, 1.82) is 0 Å². The van der Waals surface area contributed by atoms with Gasteiger partial charge in [0.25, 0.3) is 0 Å². The van der Waals surface area contributed by atoms with Crippen LogP contribution in [0.25, 0.3) is 6.08 Å². The molecule has 0 fully saturated rings. The Morgan fingerprint density at radius 1 is 0.576 bits per heavy atom. The van der Waals surface area contributed by atoms with E-state index in [4.69, 9.17) is 0 Å². The number of benzene rings is 4. The van der Waals surface area contributed by atoms with E-state index < -0.39 is 0 Å². The first kappa shape index (κ1) is 21.6. The average molecular weight is 462 g/mol. The van der Waals surface area contributed by atoms with Gasteiger partial charge in [-0.05, 0) is 72.2 Å². The summed E-state index contributed by atoms with van der Waals surface area (Å²) in [5.41, 5.74) is 2.60. The highest BCUT2D eigenvalue weighted by Gasteiger charge is 2.28. The van der Waals surface area contributed by atoms with Gasteiger partial charge in [0.2, 0.25) is 0 Å². The molecule has 0 heterocycles. The Hall–Kier alpha value is -3.20. The van der Waals surface area contributed by atoms with Gasteiger partial charge >= 0.3 is 0 Å². The smallest absolute Gasteiger partial charge is 0.0904 e. The molecule has 4 aromatic rings. The fourth-order valence-electron chi connectivity index (χ4n) is 3.79. The Morgan fingerprint density at radius 3 is 1.67 bits per heavy atom. The molecule has 0 saturated heterocycles. The average Bonchev–Trinajstić information content (AvgIpc) is 2.88. The maximum absolute atomic E-state index is 2.33. The van der Waals surface area contributed by atoms with Gasteiger partial charge in [0.1, 0.15) is 0 Å². The van der Waals surface area contributed by atoms with Crippen LogP contribution in [0, 0.1) is 0 Å². The molecule has 0 amide bonds. The van der Waals surface area contributed by atoms with E-state index in [1.807, 2.05) is 11.8 Å². The maximum Gasteiger partial charge on any atom is 0.166 e. The third kappa shape index (κ3) is 5.60. The van der Waals surface area contributed by atoms with Crippen LogP contribution in [-0.2, 0) is 10.9 Å². The zero-order valence-electron chi connectivity index (χ0n) is 18.3. The van der Waals surface area contributed by atoms with Crippen LogP contribution in [0.2, 0.25) is 0 Å². The van der Waals surface area contributed by atoms with Crippen molar-refractivity contribution < 1.29 is 0 Å². The Bertz CT molecular complexity index is 1230. The lowest BCUT2D eigenvalue weighted by Gasteiger charge is -2.11. The molecule has 0 bridgehead atoms. The molecular weight excluding hydrogens is 436 g/mol. The number of rotatable bonds is 6. The topological polar surface area (TPSA) is 0 Å². The molecule has 0 unspecified atom stereocenters. The van der Waals surface area contributed by atoms with Crippen LogP contribution in [0.5, 0.6) is 0 Å². The summed E-state index contributed by atoms with van der Waals surface area (Å²) >= 11 is 1.84. The lowest BCUT2D eigenvalue weighted by Crippen LogP contribution is -2.04. The first-order chi connectivity index (χ1) is 16.3. The molecule has 1 aliphatic carbocycles. The summed E-state index contributed by atoms with van der Waals surface area (Å²) in [7, 11) is -0.0992. The molecule has 0 aliphatic heterocycles. The van der Waals surface area contributed by atoms with Crippen molar-refractivity contribution in [3.05, 3.63) is 150 Å². The third-order valence-electron chi connectivity index (χ3n) is 5.41. The third-order valence-corrected chi connectivity index (χ3v) is 8.68. The van der Waals surface area contributed by atoms with Gasteiger partial charge in [-0.3, -0.25) is 0 Å². The Balaban J connectivity index is 1.31. The van der Waals surface area contributed by atoms with Gasteiger partial charge in [0.05, 0.1) is 10.9 Å². The van der Waals surface area contributed by atoms with Gasteiger partial charge in [0.15, 0.2) is 14.7 Å². The summed E-state index contributed by atoms with van der Waals surface area (Å²) in [6, 6.07) is 41.2. The molecule has 0 spiro atoms. The first-order valence-electron chi connectivity index (χ1n) is 11.1. The summed E-state index contributed by atoms with van der Waals surface area (Å²) in [5.74, 6) is 0. The van der Waals surface area contributed by atoms with Gasteiger partial charge in [-0.25, -0.2) is 0 Å². The van der Waals surface area contributed by atoms with Crippen LogP contribution in [0.15, 0.2) is 164 Å². The molecule has 5 rings (SSSR count). The molecule has 0 saturated carbocycles. The highest BCUT2D eigenvalue weighted by atomic mass is 32.2. The molecule has 0 radical (unpaired) electrons. The largest absolute Gasteiger partial charge is 0.166 e. The maximum atomic E-state index is 2.33. The van der Waals surface area contributed by atoms with Crippen molar-refractivity contribution in [2.75, 3.05) is 0 Å². The normalized spacial score (nSPS) is 14.5. The van der Waals surface area contributed by atoms with Crippen LogP contribution < -0.4 is 0 Å². The van der Waals surface area contributed by atoms with Crippen molar-refractivity contribution in [3.8, 4) is 0 Å². The molecule has 1 aliphatic rings. The first-order valence-corrected chi connectivity index (χ1v) is 13.2. The van der Waals surface area contributed by atoms with Crippen molar-refractivity contribution in [1.82, 2.24) is 0 Å². The summed E-state index contributed by atoms with van der Waals surface area (Å²) in [5, 5.41) is 0. The summed E-state index contributed by atoms with van der Waals surface area (Å²) in [6.45, 7) is 0. The number of allylic oxidation sites excluding steroid dienone is 4. The minimum atomic E-state index is -0.0992. The molecule has 4 aromatic carbocycles. The Kier molecular flexibility index (Phi) is 6.96. The van der Waals surface area contributed by atoms with E-state index in [1.165, 1.54) is 35.6 Å². The monoisotopic (exact) mass is 461 g/mol. The van der Waals surface area contributed by atoms with E-state index in [-0.39, 0.29) is 10.9 Å². The minimum absolute atomic E-state index is 0.0992. The predicted octanol–water partition coefficient (Wildman–Crippen LogP) is 8.80. The van der Waals surface area contributed by atoms with Crippen LogP contribution in [-0.4, -0.2) is 0 Å². The second-order valence-electron chi connectivity index (χ2n) is 7.78. The summed E-state index contributed by atoms with van der Waals surface area (Å²) in [4.78, 5) is 6.62. The Labute approximate surface area is 203 Å². The van der Waals surface area contributed by atoms with Crippen molar-refractivity contribution in [2.45, 2.75) is 26.0 Å². The number of hydrogen-bond donors (Lipinski definition) is 0. The highest BCUT2D eigenvalue weighted by Crippen LogP contribution is 2.35. The summed E-state index contributed by atoms with van der Waals surface area (Å²) < 4.78 is 0. The fourth-order valence-corrected chi connectivity index (χ4v) is 6.72. The van der Waals surface area contributed by atoms with Crippen molar-refractivity contribution in [3.63, 3.8) is 0 Å². The molecule has 0 nitrogen and oxygen atoms in total. The van der Waals surface area contributed by atoms with E-state index in [9.17, 15) is 0 Å². The molecule has 0 N–H and O–H groups in total. The number of thioether (sulfide) groups is 1. The lowest BCUT2D eigenvalue weighted by molar-refractivity contribution is 1.27. The van der Waals surface area contributed by atoms with E-state index in [2.05, 4.69) is 140 Å². The quantitative estimate of drug-likeness (QED) is 0.259. The van der Waals surface area contributed by atoms with Crippen LogP contribution >= 0.6 is 11.8 Å². The second kappa shape index (κ2) is 10.6. The van der Waals surface area contributed by atoms with Crippen molar-refractivity contribution in [2.24, 2.45) is 0 Å². The van der Waals surface area contributed by atoms with Gasteiger partial charge in [-0.2, -0.15) is 0 Å². The van der Waals surface area contributed by atoms with Gasteiger partial charge in [0, 0.05) is 9.80 Å². The second-order valence-corrected chi connectivity index (χ2v) is 11.0. The molecule has 160 valence electrons. The molecule has 2 heteroatoms. The van der Waals surface area contributed by atoms with Crippen molar-refractivity contribution >= 4 is 28.7 Å². The lowest BCUT2D eigenvalue weighted by atomic mass is 10.0. The van der Waals surface area contributed by atoms with Crippen LogP contribution in [0.1, 0.15) is 12.0 Å². The molecular formula is C31H25S2+. The van der Waals surface area contributed by atoms with Gasteiger partial charge < -0.3 is 0 Å². The highest BCUT2D eigenvalue weighted by molar-refractivity contribution is 8.03. The van der Waals surface area contributed by atoms with E-state index in [0.29, 0.717) is 0 Å². The number of hydrogen-bond acceptors (Lipinski definition) is 1. The zero-order valence-corrected chi connectivity index (χ0v) is 19.9. The Morgan fingerprint density at radius 2 is 1.12 bits per heavy atom. The van der Waals surface area contributed by atoms with Gasteiger partial charge in [-0.15, -0.1) is 0 Å². The van der Waals surface area contributed by atoms with Gasteiger partial charge in [-0.1, -0.05) is 96.7 Å². The van der Waals surface area contributed by atoms with E-state index in [1.54, 1.807) is 0 Å². The molecule has 0 aromatic heterocycles. The van der Waals surface area contributed by atoms with Crippen LogP contribution in [0.3, 0.4) is 0 Å². The van der Waals surface area contributed by atoms with E-state index >= 15 is 0 Å². The SMILES string of the molecule is C1=CC(Sc2ccc([S+](c3ccccc3)c3ccccc3)cc2)=CCC1=Cc1ccccc1. The molecule has 0 atom stereocenters. The van der Waals surface area contributed by atoms with E-state index in [0.717, 1.165) is 6.42 Å². The fraction of sp³-hybridized carbons (Fsp3) is 0.0323. The zero-order chi connectivity index (χ0) is 22.3. The predicted molar refractivity (Wildman–Crippen MR) is 144 cm³/mol. The summed E-state index contributed by atoms with van der Waals surface area (Å²) in [6.07, 6.45) is 10.0. The molecule has 33 heavy (non-hydrogen) atoms. The standard InChI is InChI=1S/C31H25S2/c1-4-10-25(11-5-1)24-26-16-18-27(19-17-26)32-28-20-22-31(23-21-28)33(29-12-6-2-7-13-29)30-14-8-3-9-15-30/h1-16,18-24H,17H2/q+1. The van der Waals surface area contributed by atoms with Crippen LogP contribution in [0.4, 0.5) is 0 Å². The minimum Gasteiger partial charge on any atom is -0.0904 e.